The Morgan fingerprint density at radius 2 is 1.90 bits per heavy atom. The van der Waals surface area contributed by atoms with Crippen LogP contribution in [0, 0.1) is 0 Å². The van der Waals surface area contributed by atoms with E-state index in [-0.39, 0.29) is 5.78 Å². The van der Waals surface area contributed by atoms with Crippen LogP contribution in [-0.2, 0) is 12.0 Å². The van der Waals surface area contributed by atoms with Crippen LogP contribution in [0.2, 0.25) is 0 Å². The molecule has 0 aliphatic carbocycles. The molecule has 2 aromatic carbocycles. The number of para-hydroxylation sites is 1. The molecule has 3 nitrogen and oxygen atoms in total. The fraction of sp³-hybridized carbons (Fsp3) is 0.278. The standard InChI is InChI=1S/C18H19NO2/c1-18(19,14-9-3-2-4-10-14)17(20)15-11-5-7-13-8-6-12-21-16(13)15/h2-5,7,9-11H,6,8,12,19H2,1H3. The Balaban J connectivity index is 2.03. The molecule has 1 unspecified atom stereocenters. The lowest BCUT2D eigenvalue weighted by Gasteiger charge is -2.27. The lowest BCUT2D eigenvalue weighted by Crippen LogP contribution is -2.42. The molecule has 0 saturated carbocycles. The van der Waals surface area contributed by atoms with Crippen molar-refractivity contribution in [3.05, 3.63) is 65.2 Å². The van der Waals surface area contributed by atoms with Gasteiger partial charge in [-0.25, -0.2) is 0 Å². The highest BCUT2D eigenvalue weighted by Crippen LogP contribution is 2.33. The first-order valence-corrected chi connectivity index (χ1v) is 7.24. The van der Waals surface area contributed by atoms with Gasteiger partial charge in [0.1, 0.15) is 11.3 Å². The summed E-state index contributed by atoms with van der Waals surface area (Å²) in [6.45, 7) is 2.41. The second-order valence-corrected chi connectivity index (χ2v) is 5.64. The Kier molecular flexibility index (Phi) is 3.52. The number of fused-ring (bicyclic) bond motifs is 1. The first kappa shape index (κ1) is 13.8. The zero-order valence-electron chi connectivity index (χ0n) is 12.1. The highest BCUT2D eigenvalue weighted by molar-refractivity contribution is 6.05. The fourth-order valence-electron chi connectivity index (χ4n) is 2.76. The zero-order valence-corrected chi connectivity index (χ0v) is 12.1. The molecule has 0 radical (unpaired) electrons. The molecular formula is C18H19NO2. The minimum atomic E-state index is -1.06. The number of hydrogen-bond acceptors (Lipinski definition) is 3. The van der Waals surface area contributed by atoms with Crippen molar-refractivity contribution in [1.29, 1.82) is 0 Å². The van der Waals surface area contributed by atoms with E-state index in [2.05, 4.69) is 0 Å². The summed E-state index contributed by atoms with van der Waals surface area (Å²) in [5.41, 5.74) is 7.77. The summed E-state index contributed by atoms with van der Waals surface area (Å²) >= 11 is 0. The van der Waals surface area contributed by atoms with Gasteiger partial charge in [-0.2, -0.15) is 0 Å². The lowest BCUT2D eigenvalue weighted by atomic mass is 9.84. The molecule has 0 aromatic heterocycles. The van der Waals surface area contributed by atoms with Gasteiger partial charge in [-0.1, -0.05) is 42.5 Å². The maximum absolute atomic E-state index is 12.9. The summed E-state index contributed by atoms with van der Waals surface area (Å²) in [7, 11) is 0. The molecule has 0 spiro atoms. The summed E-state index contributed by atoms with van der Waals surface area (Å²) in [4.78, 5) is 12.9. The number of ketones is 1. The van der Waals surface area contributed by atoms with E-state index < -0.39 is 5.54 Å². The van der Waals surface area contributed by atoms with Crippen LogP contribution in [0.3, 0.4) is 0 Å². The van der Waals surface area contributed by atoms with Crippen molar-refractivity contribution >= 4 is 5.78 Å². The number of benzene rings is 2. The number of hydrogen-bond donors (Lipinski definition) is 1. The summed E-state index contributed by atoms with van der Waals surface area (Å²) < 4.78 is 5.73. The average molecular weight is 281 g/mol. The van der Waals surface area contributed by atoms with Gasteiger partial charge in [-0.05, 0) is 37.0 Å². The molecule has 1 heterocycles. The van der Waals surface area contributed by atoms with Crippen molar-refractivity contribution in [2.75, 3.05) is 6.61 Å². The highest BCUT2D eigenvalue weighted by atomic mass is 16.5. The average Bonchev–Trinajstić information content (AvgIpc) is 2.54. The molecule has 2 N–H and O–H groups in total. The third kappa shape index (κ3) is 2.45. The number of nitrogens with two attached hydrogens (primary N) is 1. The molecule has 0 fully saturated rings. The van der Waals surface area contributed by atoms with E-state index in [0.29, 0.717) is 17.9 Å². The molecule has 0 saturated heterocycles. The Morgan fingerprint density at radius 1 is 1.14 bits per heavy atom. The third-order valence-corrected chi connectivity index (χ3v) is 4.02. The van der Waals surface area contributed by atoms with Crippen molar-refractivity contribution in [1.82, 2.24) is 0 Å². The van der Waals surface area contributed by atoms with Crippen molar-refractivity contribution in [2.45, 2.75) is 25.3 Å². The van der Waals surface area contributed by atoms with Gasteiger partial charge in [0.15, 0.2) is 5.78 Å². The van der Waals surface area contributed by atoms with Crippen LogP contribution < -0.4 is 10.5 Å². The number of aryl methyl sites for hydroxylation is 1. The Bertz CT molecular complexity index is 662. The normalized spacial score (nSPS) is 16.5. The maximum atomic E-state index is 12.9. The number of carbonyl (C=O) groups excluding carboxylic acids is 1. The largest absolute Gasteiger partial charge is 0.493 e. The molecule has 3 heteroatoms. The molecule has 21 heavy (non-hydrogen) atoms. The van der Waals surface area contributed by atoms with Crippen LogP contribution in [0.15, 0.2) is 48.5 Å². The second kappa shape index (κ2) is 5.34. The molecule has 0 amide bonds. The summed E-state index contributed by atoms with van der Waals surface area (Å²) in [6.07, 6.45) is 1.94. The number of rotatable bonds is 3. The fourth-order valence-corrected chi connectivity index (χ4v) is 2.76. The molecule has 1 aliphatic heterocycles. The minimum absolute atomic E-state index is 0.104. The predicted molar refractivity (Wildman–Crippen MR) is 82.6 cm³/mol. The SMILES string of the molecule is CC(N)(C(=O)c1cccc2c1OCCC2)c1ccccc1. The van der Waals surface area contributed by atoms with Gasteiger partial charge in [-0.15, -0.1) is 0 Å². The lowest BCUT2D eigenvalue weighted by molar-refractivity contribution is 0.0894. The summed E-state index contributed by atoms with van der Waals surface area (Å²) in [6, 6.07) is 15.2. The topological polar surface area (TPSA) is 52.3 Å². The zero-order chi connectivity index (χ0) is 14.9. The van der Waals surface area contributed by atoms with Crippen molar-refractivity contribution < 1.29 is 9.53 Å². The van der Waals surface area contributed by atoms with Crippen LogP contribution in [0.25, 0.3) is 0 Å². The van der Waals surface area contributed by atoms with Crippen LogP contribution in [0.1, 0.15) is 34.8 Å². The minimum Gasteiger partial charge on any atom is -0.493 e. The van der Waals surface area contributed by atoms with E-state index in [1.807, 2.05) is 42.5 Å². The van der Waals surface area contributed by atoms with Gasteiger partial charge >= 0.3 is 0 Å². The van der Waals surface area contributed by atoms with Gasteiger partial charge in [-0.3, -0.25) is 4.79 Å². The van der Waals surface area contributed by atoms with Gasteiger partial charge in [0.25, 0.3) is 0 Å². The van der Waals surface area contributed by atoms with Gasteiger partial charge < -0.3 is 10.5 Å². The van der Waals surface area contributed by atoms with E-state index in [1.165, 1.54) is 0 Å². The van der Waals surface area contributed by atoms with Crippen molar-refractivity contribution in [3.8, 4) is 5.75 Å². The molecule has 1 atom stereocenters. The first-order chi connectivity index (χ1) is 10.1. The van der Waals surface area contributed by atoms with Gasteiger partial charge in [0, 0.05) is 0 Å². The monoisotopic (exact) mass is 281 g/mol. The smallest absolute Gasteiger partial charge is 0.190 e. The number of ether oxygens (including phenoxy) is 1. The molecule has 3 rings (SSSR count). The van der Waals surface area contributed by atoms with Gasteiger partial charge in [0.2, 0.25) is 0 Å². The molecule has 108 valence electrons. The van der Waals surface area contributed by atoms with E-state index in [0.717, 1.165) is 24.0 Å². The molecule has 2 aromatic rings. The van der Waals surface area contributed by atoms with E-state index in [1.54, 1.807) is 13.0 Å². The Labute approximate surface area is 124 Å². The predicted octanol–water partition coefficient (Wildman–Crippen LogP) is 3.07. The molecule has 1 aliphatic rings. The van der Waals surface area contributed by atoms with E-state index >= 15 is 0 Å². The van der Waals surface area contributed by atoms with Crippen LogP contribution >= 0.6 is 0 Å². The van der Waals surface area contributed by atoms with Crippen LogP contribution in [0.4, 0.5) is 0 Å². The van der Waals surface area contributed by atoms with Gasteiger partial charge in [0.05, 0.1) is 12.2 Å². The Morgan fingerprint density at radius 3 is 2.67 bits per heavy atom. The second-order valence-electron chi connectivity index (χ2n) is 5.64. The number of carbonyl (C=O) groups is 1. The van der Waals surface area contributed by atoms with E-state index in [4.69, 9.17) is 10.5 Å². The van der Waals surface area contributed by atoms with Crippen molar-refractivity contribution in [2.24, 2.45) is 5.73 Å². The third-order valence-electron chi connectivity index (χ3n) is 4.02. The highest BCUT2D eigenvalue weighted by Gasteiger charge is 2.34. The Hall–Kier alpha value is -2.13. The van der Waals surface area contributed by atoms with Crippen molar-refractivity contribution in [3.63, 3.8) is 0 Å². The summed E-state index contributed by atoms with van der Waals surface area (Å²) in [5, 5.41) is 0. The molecule has 0 bridgehead atoms. The molecular weight excluding hydrogens is 262 g/mol. The number of Topliss-reactive ketones (excluding diaryl/α,β-unsaturated/α-hetero) is 1. The van der Waals surface area contributed by atoms with Crippen LogP contribution in [0.5, 0.6) is 5.75 Å². The van der Waals surface area contributed by atoms with Crippen LogP contribution in [-0.4, -0.2) is 12.4 Å². The first-order valence-electron chi connectivity index (χ1n) is 7.24. The summed E-state index contributed by atoms with van der Waals surface area (Å²) in [5.74, 6) is 0.605. The maximum Gasteiger partial charge on any atom is 0.190 e. The quantitative estimate of drug-likeness (QED) is 0.880. The van der Waals surface area contributed by atoms with E-state index in [9.17, 15) is 4.79 Å².